The molecule has 2 heterocycles. The lowest BCUT2D eigenvalue weighted by molar-refractivity contribution is 0.0718. The van der Waals surface area contributed by atoms with Crippen LogP contribution in [0.4, 0.5) is 10.1 Å². The molecule has 1 amide bonds. The maximum Gasteiger partial charge on any atom is 0.255 e. The van der Waals surface area contributed by atoms with Gasteiger partial charge in [-0.3, -0.25) is 4.79 Å². The highest BCUT2D eigenvalue weighted by molar-refractivity contribution is 8.21. The van der Waals surface area contributed by atoms with Crippen LogP contribution in [-0.2, 0) is 0 Å². The Balaban J connectivity index is 1.60. The van der Waals surface area contributed by atoms with E-state index in [2.05, 4.69) is 4.90 Å². The Morgan fingerprint density at radius 2 is 1.79 bits per heavy atom. The number of rotatable bonds is 3. The molecule has 2 unspecified atom stereocenters. The molecule has 2 aliphatic rings. The SMILES string of the molecule is O=C(c1ccc(F)cc1Cl)N1CC2CCC(C1)N2c1cc(SCl)cc(Cl)c1O. The average molecular weight is 462 g/mol. The average Bonchev–Trinajstić information content (AvgIpc) is 2.92. The third kappa shape index (κ3) is 3.52. The van der Waals surface area contributed by atoms with Crippen LogP contribution in [0.5, 0.6) is 5.75 Å². The topological polar surface area (TPSA) is 43.8 Å². The second-order valence-corrected chi connectivity index (χ2v) is 8.88. The molecule has 2 atom stereocenters. The Kier molecular flexibility index (Phi) is 5.58. The lowest BCUT2D eigenvalue weighted by Gasteiger charge is -2.42. The number of piperazine rings is 1. The maximum atomic E-state index is 13.3. The summed E-state index contributed by atoms with van der Waals surface area (Å²) in [4.78, 5) is 17.6. The predicted molar refractivity (Wildman–Crippen MR) is 111 cm³/mol. The molecule has 9 heteroatoms. The number of carbonyl (C=O) groups excluding carboxylic acids is 1. The third-order valence-electron chi connectivity index (χ3n) is 5.31. The van der Waals surface area contributed by atoms with Crippen molar-refractivity contribution in [3.05, 3.63) is 51.8 Å². The summed E-state index contributed by atoms with van der Waals surface area (Å²) in [5, 5.41) is 10.8. The number of halogens is 4. The third-order valence-corrected chi connectivity index (χ3v) is 6.86. The van der Waals surface area contributed by atoms with E-state index in [1.54, 1.807) is 11.0 Å². The number of phenols is 1. The Labute approximate surface area is 180 Å². The van der Waals surface area contributed by atoms with Crippen LogP contribution in [0.15, 0.2) is 35.2 Å². The first-order chi connectivity index (χ1) is 13.4. The van der Waals surface area contributed by atoms with Crippen LogP contribution < -0.4 is 4.90 Å². The number of carbonyl (C=O) groups is 1. The lowest BCUT2D eigenvalue weighted by atomic mass is 10.1. The zero-order valence-corrected chi connectivity index (χ0v) is 17.6. The van der Waals surface area contributed by atoms with Gasteiger partial charge in [-0.2, -0.15) is 0 Å². The number of hydrogen-bond donors (Lipinski definition) is 1. The summed E-state index contributed by atoms with van der Waals surface area (Å²) >= 11 is 12.2. The van der Waals surface area contributed by atoms with Crippen LogP contribution in [0.1, 0.15) is 23.2 Å². The number of hydrogen-bond acceptors (Lipinski definition) is 4. The lowest BCUT2D eigenvalue weighted by Crippen LogP contribution is -2.55. The number of phenolic OH excluding ortho intramolecular Hbond substituents is 1. The molecule has 4 nitrogen and oxygen atoms in total. The van der Waals surface area contributed by atoms with Gasteiger partial charge in [0.25, 0.3) is 5.91 Å². The summed E-state index contributed by atoms with van der Waals surface area (Å²) in [5.74, 6) is -0.668. The zero-order valence-electron chi connectivity index (χ0n) is 14.5. The van der Waals surface area contributed by atoms with E-state index in [1.807, 2.05) is 6.07 Å². The molecule has 2 fully saturated rings. The van der Waals surface area contributed by atoms with Crippen LogP contribution in [0, 0.1) is 5.82 Å². The van der Waals surface area contributed by atoms with Gasteiger partial charge in [0.2, 0.25) is 0 Å². The maximum absolute atomic E-state index is 13.3. The molecule has 1 N–H and O–H groups in total. The van der Waals surface area contributed by atoms with Crippen molar-refractivity contribution in [1.29, 1.82) is 0 Å². The van der Waals surface area contributed by atoms with E-state index in [-0.39, 0.29) is 33.8 Å². The summed E-state index contributed by atoms with van der Waals surface area (Å²) in [5.41, 5.74) is 0.928. The Hall–Kier alpha value is -1.34. The molecular weight excluding hydrogens is 446 g/mol. The molecule has 2 saturated heterocycles. The van der Waals surface area contributed by atoms with E-state index >= 15 is 0 Å². The summed E-state index contributed by atoms with van der Waals surface area (Å²) in [6.45, 7) is 0.969. The molecule has 0 radical (unpaired) electrons. The standard InChI is InChI=1S/C19H16Cl3FN2O2S/c20-15-5-10(23)1-4-14(15)19(27)24-8-11-2-3-12(9-24)25(11)17-7-13(28-22)6-16(21)18(17)26/h1,4-7,11-12,26H,2-3,8-9H2. The minimum absolute atomic E-state index is 0.0226. The van der Waals surface area contributed by atoms with Gasteiger partial charge in [0.1, 0.15) is 5.82 Å². The number of amides is 1. The van der Waals surface area contributed by atoms with E-state index in [4.69, 9.17) is 33.9 Å². The summed E-state index contributed by atoms with van der Waals surface area (Å²) in [7, 11) is 6.91. The molecule has 0 aliphatic carbocycles. The monoisotopic (exact) mass is 460 g/mol. The molecule has 0 saturated carbocycles. The summed E-state index contributed by atoms with van der Waals surface area (Å²) in [6, 6.07) is 7.32. The highest BCUT2D eigenvalue weighted by atomic mass is 35.7. The van der Waals surface area contributed by atoms with Crippen molar-refractivity contribution in [2.75, 3.05) is 18.0 Å². The Bertz CT molecular complexity index is 932. The van der Waals surface area contributed by atoms with E-state index in [9.17, 15) is 14.3 Å². The number of aromatic hydroxyl groups is 1. The van der Waals surface area contributed by atoms with Gasteiger partial charge in [0.15, 0.2) is 5.75 Å². The summed E-state index contributed by atoms with van der Waals surface area (Å²) in [6.07, 6.45) is 1.78. The molecule has 148 valence electrons. The first-order valence-corrected chi connectivity index (χ1v) is 11.1. The number of nitrogens with zero attached hydrogens (tertiary/aromatic N) is 2. The highest BCUT2D eigenvalue weighted by Gasteiger charge is 2.43. The molecule has 2 aromatic carbocycles. The van der Waals surface area contributed by atoms with Crippen molar-refractivity contribution in [1.82, 2.24) is 4.90 Å². The molecule has 28 heavy (non-hydrogen) atoms. The van der Waals surface area contributed by atoms with Gasteiger partial charge >= 0.3 is 0 Å². The minimum atomic E-state index is -0.476. The molecule has 0 spiro atoms. The van der Waals surface area contributed by atoms with Gasteiger partial charge in [-0.05, 0) is 64.8 Å². The minimum Gasteiger partial charge on any atom is -0.504 e. The molecule has 2 aliphatic heterocycles. The van der Waals surface area contributed by atoms with E-state index in [0.717, 1.165) is 34.8 Å². The van der Waals surface area contributed by atoms with Crippen LogP contribution in [-0.4, -0.2) is 41.1 Å². The van der Waals surface area contributed by atoms with E-state index in [0.29, 0.717) is 24.3 Å². The normalized spacial score (nSPS) is 21.3. The fourth-order valence-corrected chi connectivity index (χ4v) is 5.21. The van der Waals surface area contributed by atoms with Gasteiger partial charge in [-0.15, -0.1) is 0 Å². The van der Waals surface area contributed by atoms with E-state index < -0.39 is 5.82 Å². The van der Waals surface area contributed by atoms with Gasteiger partial charge in [0.05, 0.1) is 21.3 Å². The quantitative estimate of drug-likeness (QED) is 0.648. The van der Waals surface area contributed by atoms with Crippen molar-refractivity contribution in [2.24, 2.45) is 0 Å². The van der Waals surface area contributed by atoms with Crippen LogP contribution >= 0.6 is 44.9 Å². The predicted octanol–water partition coefficient (Wildman–Crippen LogP) is 5.58. The van der Waals surface area contributed by atoms with E-state index in [1.165, 1.54) is 12.1 Å². The number of fused-ring (bicyclic) bond motifs is 2. The smallest absolute Gasteiger partial charge is 0.255 e. The molecular formula is C19H16Cl3FN2O2S. The fourth-order valence-electron chi connectivity index (χ4n) is 4.10. The molecule has 2 bridgehead atoms. The first-order valence-electron chi connectivity index (χ1n) is 8.72. The zero-order chi connectivity index (χ0) is 20.0. The number of likely N-dealkylation sites (tertiary alicyclic amines) is 1. The second-order valence-electron chi connectivity index (χ2n) is 6.98. The van der Waals surface area contributed by atoms with Crippen molar-refractivity contribution in [3.8, 4) is 5.75 Å². The van der Waals surface area contributed by atoms with Gasteiger partial charge < -0.3 is 14.9 Å². The van der Waals surface area contributed by atoms with Gasteiger partial charge in [-0.1, -0.05) is 23.2 Å². The van der Waals surface area contributed by atoms with Crippen molar-refractivity contribution in [2.45, 2.75) is 29.8 Å². The fraction of sp³-hybridized carbons (Fsp3) is 0.316. The number of benzene rings is 2. The molecule has 0 aromatic heterocycles. The Morgan fingerprint density at radius 1 is 1.11 bits per heavy atom. The van der Waals surface area contributed by atoms with Gasteiger partial charge in [0, 0.05) is 30.1 Å². The second kappa shape index (κ2) is 7.82. The van der Waals surface area contributed by atoms with Crippen molar-refractivity contribution >= 4 is 56.5 Å². The van der Waals surface area contributed by atoms with Gasteiger partial charge in [-0.25, -0.2) is 4.39 Å². The molecule has 4 rings (SSSR count). The largest absolute Gasteiger partial charge is 0.504 e. The van der Waals surface area contributed by atoms with Crippen LogP contribution in [0.2, 0.25) is 10.0 Å². The van der Waals surface area contributed by atoms with Crippen molar-refractivity contribution < 1.29 is 14.3 Å². The number of anilines is 1. The Morgan fingerprint density at radius 3 is 2.39 bits per heavy atom. The first kappa shape index (κ1) is 20.0. The van der Waals surface area contributed by atoms with Crippen LogP contribution in [0.3, 0.4) is 0 Å². The summed E-state index contributed by atoms with van der Waals surface area (Å²) < 4.78 is 13.3. The van der Waals surface area contributed by atoms with Crippen molar-refractivity contribution in [3.63, 3.8) is 0 Å². The molecule has 2 aromatic rings. The van der Waals surface area contributed by atoms with Crippen LogP contribution in [0.25, 0.3) is 0 Å². The highest BCUT2D eigenvalue weighted by Crippen LogP contribution is 2.45.